The third kappa shape index (κ3) is 2.82. The number of aromatic carboxylic acids is 1. The van der Waals surface area contributed by atoms with E-state index in [1.54, 1.807) is 24.3 Å². The monoisotopic (exact) mass is 319 g/mol. The molecule has 0 bridgehead atoms. The zero-order chi connectivity index (χ0) is 15.7. The van der Waals surface area contributed by atoms with Crippen LogP contribution in [0.5, 0.6) is 0 Å². The third-order valence-electron chi connectivity index (χ3n) is 3.81. The van der Waals surface area contributed by atoms with Gasteiger partial charge in [0.2, 0.25) is 5.91 Å². The molecule has 2 aromatic rings. The number of fused-ring (bicyclic) bond motifs is 1. The van der Waals surface area contributed by atoms with Crippen LogP contribution in [0.3, 0.4) is 0 Å². The predicted molar refractivity (Wildman–Crippen MR) is 81.1 cm³/mol. The molecule has 1 aliphatic carbocycles. The van der Waals surface area contributed by atoms with Crippen molar-refractivity contribution >= 4 is 29.2 Å². The predicted octanol–water partition coefficient (Wildman–Crippen LogP) is 2.50. The highest BCUT2D eigenvalue weighted by Crippen LogP contribution is 2.28. The maximum atomic E-state index is 12.4. The molecular weight excluding hydrogens is 306 g/mol. The minimum atomic E-state index is -1.08. The topological polar surface area (TPSA) is 95.1 Å². The Morgan fingerprint density at radius 1 is 1.41 bits per heavy atom. The molecule has 0 fully saturated rings. The molecule has 0 saturated carbocycles. The van der Waals surface area contributed by atoms with E-state index in [1.165, 1.54) is 0 Å². The Bertz CT molecular complexity index is 741. The van der Waals surface area contributed by atoms with Gasteiger partial charge in [-0.3, -0.25) is 9.89 Å². The van der Waals surface area contributed by atoms with E-state index in [2.05, 4.69) is 15.5 Å². The minimum Gasteiger partial charge on any atom is -0.476 e. The van der Waals surface area contributed by atoms with E-state index in [1.807, 2.05) is 0 Å². The standard InChI is InChI=1S/C15H14ClN3O3/c16-9-2-1-3-10(7-9)17-14(20)8-4-5-12-11(6-8)13(15(21)22)19-18-12/h1-3,7-8H,4-6H2,(H,17,20)(H,18,19)(H,21,22). The van der Waals surface area contributed by atoms with Gasteiger partial charge in [0.05, 0.1) is 0 Å². The van der Waals surface area contributed by atoms with Crippen molar-refractivity contribution in [2.75, 3.05) is 5.32 Å². The number of hydrogen-bond acceptors (Lipinski definition) is 3. The Kier molecular flexibility index (Phi) is 3.85. The first-order chi connectivity index (χ1) is 10.5. The lowest BCUT2D eigenvalue weighted by atomic mass is 9.85. The summed E-state index contributed by atoms with van der Waals surface area (Å²) in [6.07, 6.45) is 1.64. The van der Waals surface area contributed by atoms with E-state index in [9.17, 15) is 9.59 Å². The number of nitrogens with zero attached hydrogens (tertiary/aromatic N) is 1. The van der Waals surface area contributed by atoms with Gasteiger partial charge in [-0.25, -0.2) is 4.79 Å². The summed E-state index contributed by atoms with van der Waals surface area (Å²) >= 11 is 5.89. The first-order valence-corrected chi connectivity index (χ1v) is 7.28. The number of amides is 1. The van der Waals surface area contributed by atoms with E-state index in [0.29, 0.717) is 35.5 Å². The molecule has 114 valence electrons. The largest absolute Gasteiger partial charge is 0.476 e. The number of hydrogen-bond donors (Lipinski definition) is 3. The van der Waals surface area contributed by atoms with Crippen molar-refractivity contribution in [1.29, 1.82) is 0 Å². The Morgan fingerprint density at radius 2 is 2.23 bits per heavy atom. The Balaban J connectivity index is 1.75. The van der Waals surface area contributed by atoms with E-state index >= 15 is 0 Å². The molecule has 1 aliphatic rings. The third-order valence-corrected chi connectivity index (χ3v) is 4.05. The van der Waals surface area contributed by atoms with Crippen LogP contribution >= 0.6 is 11.6 Å². The number of aromatic nitrogens is 2. The zero-order valence-corrected chi connectivity index (χ0v) is 12.4. The van der Waals surface area contributed by atoms with Crippen molar-refractivity contribution in [3.8, 4) is 0 Å². The molecule has 1 aromatic carbocycles. The highest BCUT2D eigenvalue weighted by Gasteiger charge is 2.30. The van der Waals surface area contributed by atoms with Gasteiger partial charge in [0.15, 0.2) is 5.69 Å². The molecule has 0 radical (unpaired) electrons. The summed E-state index contributed by atoms with van der Waals surface area (Å²) in [5, 5.41) is 19.1. The van der Waals surface area contributed by atoms with E-state index in [0.717, 1.165) is 5.69 Å². The second-order valence-electron chi connectivity index (χ2n) is 5.27. The van der Waals surface area contributed by atoms with Crippen LogP contribution in [-0.2, 0) is 17.6 Å². The number of carbonyl (C=O) groups is 2. The van der Waals surface area contributed by atoms with Crippen LogP contribution in [0, 0.1) is 5.92 Å². The summed E-state index contributed by atoms with van der Waals surface area (Å²) < 4.78 is 0. The van der Waals surface area contributed by atoms with Crippen LogP contribution in [0.15, 0.2) is 24.3 Å². The second kappa shape index (κ2) is 5.81. The van der Waals surface area contributed by atoms with E-state index in [-0.39, 0.29) is 17.5 Å². The molecule has 3 rings (SSSR count). The van der Waals surface area contributed by atoms with Crippen LogP contribution < -0.4 is 5.32 Å². The first-order valence-electron chi connectivity index (χ1n) is 6.90. The number of H-pyrrole nitrogens is 1. The average molecular weight is 320 g/mol. The van der Waals surface area contributed by atoms with Crippen LogP contribution in [0.4, 0.5) is 5.69 Å². The summed E-state index contributed by atoms with van der Waals surface area (Å²) in [6.45, 7) is 0. The molecule has 6 nitrogen and oxygen atoms in total. The minimum absolute atomic E-state index is 0.00950. The number of carboxylic acid groups (broad SMARTS) is 1. The number of nitrogens with one attached hydrogen (secondary N) is 2. The van der Waals surface area contributed by atoms with Crippen LogP contribution in [0.1, 0.15) is 28.2 Å². The van der Waals surface area contributed by atoms with E-state index in [4.69, 9.17) is 16.7 Å². The lowest BCUT2D eigenvalue weighted by Gasteiger charge is -2.21. The van der Waals surface area contributed by atoms with Gasteiger partial charge in [-0.2, -0.15) is 5.10 Å². The summed E-state index contributed by atoms with van der Waals surface area (Å²) in [6, 6.07) is 6.93. The highest BCUT2D eigenvalue weighted by atomic mass is 35.5. The maximum Gasteiger partial charge on any atom is 0.356 e. The summed E-state index contributed by atoms with van der Waals surface area (Å²) in [5.74, 6) is -1.49. The molecule has 7 heteroatoms. The summed E-state index contributed by atoms with van der Waals surface area (Å²) in [5.41, 5.74) is 2.08. The fourth-order valence-corrected chi connectivity index (χ4v) is 2.90. The molecule has 1 amide bonds. The Labute approximate surface area is 131 Å². The van der Waals surface area contributed by atoms with Crippen molar-refractivity contribution in [2.45, 2.75) is 19.3 Å². The molecular formula is C15H14ClN3O3. The average Bonchev–Trinajstić information content (AvgIpc) is 2.90. The number of anilines is 1. The Hall–Kier alpha value is -2.34. The zero-order valence-electron chi connectivity index (χ0n) is 11.6. The van der Waals surface area contributed by atoms with Crippen molar-refractivity contribution < 1.29 is 14.7 Å². The Morgan fingerprint density at radius 3 is 2.95 bits per heavy atom. The van der Waals surface area contributed by atoms with Gasteiger partial charge in [0.1, 0.15) is 0 Å². The molecule has 22 heavy (non-hydrogen) atoms. The number of halogens is 1. The first kappa shape index (κ1) is 14.6. The molecule has 0 saturated heterocycles. The SMILES string of the molecule is O=C(O)c1n[nH]c2c1CC(C(=O)Nc1cccc(Cl)c1)CC2. The molecule has 3 N–H and O–H groups in total. The number of benzene rings is 1. The number of aryl methyl sites for hydroxylation is 1. The summed E-state index contributed by atoms with van der Waals surface area (Å²) in [4.78, 5) is 23.5. The molecule has 1 heterocycles. The maximum absolute atomic E-state index is 12.4. The second-order valence-corrected chi connectivity index (χ2v) is 5.71. The number of aromatic amines is 1. The van der Waals surface area contributed by atoms with Gasteiger partial charge in [-0.1, -0.05) is 17.7 Å². The fourth-order valence-electron chi connectivity index (χ4n) is 2.71. The number of carbonyl (C=O) groups excluding carboxylic acids is 1. The smallest absolute Gasteiger partial charge is 0.356 e. The molecule has 1 aromatic heterocycles. The molecule has 1 atom stereocenters. The normalized spacial score (nSPS) is 16.9. The van der Waals surface area contributed by atoms with Gasteiger partial charge in [0, 0.05) is 27.9 Å². The van der Waals surface area contributed by atoms with Gasteiger partial charge in [-0.15, -0.1) is 0 Å². The number of rotatable bonds is 3. The van der Waals surface area contributed by atoms with Gasteiger partial charge >= 0.3 is 5.97 Å². The van der Waals surface area contributed by atoms with E-state index < -0.39 is 5.97 Å². The van der Waals surface area contributed by atoms with Crippen molar-refractivity contribution in [3.05, 3.63) is 46.2 Å². The lowest BCUT2D eigenvalue weighted by Crippen LogP contribution is -2.28. The molecule has 0 spiro atoms. The lowest BCUT2D eigenvalue weighted by molar-refractivity contribution is -0.120. The van der Waals surface area contributed by atoms with Gasteiger partial charge < -0.3 is 10.4 Å². The number of carboxylic acids is 1. The van der Waals surface area contributed by atoms with Crippen molar-refractivity contribution in [1.82, 2.24) is 10.2 Å². The van der Waals surface area contributed by atoms with Crippen LogP contribution in [-0.4, -0.2) is 27.2 Å². The highest BCUT2D eigenvalue weighted by molar-refractivity contribution is 6.30. The van der Waals surface area contributed by atoms with Gasteiger partial charge in [0.25, 0.3) is 0 Å². The van der Waals surface area contributed by atoms with Crippen LogP contribution in [0.25, 0.3) is 0 Å². The van der Waals surface area contributed by atoms with Crippen molar-refractivity contribution in [2.24, 2.45) is 5.92 Å². The van der Waals surface area contributed by atoms with Crippen molar-refractivity contribution in [3.63, 3.8) is 0 Å². The summed E-state index contributed by atoms with van der Waals surface area (Å²) in [7, 11) is 0. The fraction of sp³-hybridized carbons (Fsp3) is 0.267. The quantitative estimate of drug-likeness (QED) is 0.810. The van der Waals surface area contributed by atoms with Gasteiger partial charge in [-0.05, 0) is 37.5 Å². The molecule has 1 unspecified atom stereocenters. The van der Waals surface area contributed by atoms with Crippen LogP contribution in [0.2, 0.25) is 5.02 Å². The molecule has 0 aliphatic heterocycles.